The van der Waals surface area contributed by atoms with Crippen molar-refractivity contribution in [2.45, 2.75) is 70.6 Å². The molecule has 0 saturated carbocycles. The Morgan fingerprint density at radius 2 is 1.89 bits per heavy atom. The second-order valence-corrected chi connectivity index (χ2v) is 5.76. The van der Waals surface area contributed by atoms with Crippen molar-refractivity contribution in [1.82, 2.24) is 4.90 Å². The SMILES string of the molecule is O=C(CCCCCC1=CCCCC1)N1CCCC1. The van der Waals surface area contributed by atoms with Crippen LogP contribution in [0.1, 0.15) is 70.6 Å². The first-order chi connectivity index (χ1) is 8.86. The molecule has 0 radical (unpaired) electrons. The van der Waals surface area contributed by atoms with E-state index in [1.54, 1.807) is 5.57 Å². The van der Waals surface area contributed by atoms with Crippen molar-refractivity contribution in [3.63, 3.8) is 0 Å². The molecule has 0 spiro atoms. The van der Waals surface area contributed by atoms with E-state index in [1.165, 1.54) is 57.8 Å². The molecule has 1 fully saturated rings. The van der Waals surface area contributed by atoms with Crippen LogP contribution in [-0.2, 0) is 4.79 Å². The number of hydrogen-bond acceptors (Lipinski definition) is 1. The van der Waals surface area contributed by atoms with E-state index in [0.717, 1.165) is 25.9 Å². The Bertz CT molecular complexity index is 289. The fourth-order valence-electron chi connectivity index (χ4n) is 3.06. The molecule has 0 aromatic carbocycles. The Kier molecular flexibility index (Phi) is 5.76. The Morgan fingerprint density at radius 3 is 2.61 bits per heavy atom. The van der Waals surface area contributed by atoms with Gasteiger partial charge in [0.25, 0.3) is 0 Å². The van der Waals surface area contributed by atoms with Crippen molar-refractivity contribution >= 4 is 5.91 Å². The standard InChI is InChI=1S/C16H27NO/c18-16(17-13-7-8-14-17)12-6-2-5-11-15-9-3-1-4-10-15/h9H,1-8,10-14H2. The van der Waals surface area contributed by atoms with Gasteiger partial charge in [-0.25, -0.2) is 0 Å². The van der Waals surface area contributed by atoms with Crippen LogP contribution in [0.4, 0.5) is 0 Å². The van der Waals surface area contributed by atoms with E-state index < -0.39 is 0 Å². The maximum absolute atomic E-state index is 11.8. The molecule has 1 saturated heterocycles. The number of rotatable bonds is 6. The number of allylic oxidation sites excluding steroid dienone is 2. The summed E-state index contributed by atoms with van der Waals surface area (Å²) in [6.45, 7) is 2.01. The maximum atomic E-state index is 11.8. The normalized spacial score (nSPS) is 20.0. The first kappa shape index (κ1) is 13.6. The van der Waals surface area contributed by atoms with E-state index in [9.17, 15) is 4.79 Å². The summed E-state index contributed by atoms with van der Waals surface area (Å²) >= 11 is 0. The molecule has 1 amide bonds. The predicted molar refractivity (Wildman–Crippen MR) is 75.5 cm³/mol. The number of likely N-dealkylation sites (tertiary alicyclic amines) is 1. The average Bonchev–Trinajstić information content (AvgIpc) is 2.93. The van der Waals surface area contributed by atoms with E-state index in [2.05, 4.69) is 6.08 Å². The number of amides is 1. The van der Waals surface area contributed by atoms with Gasteiger partial charge in [-0.3, -0.25) is 4.79 Å². The van der Waals surface area contributed by atoms with Crippen molar-refractivity contribution < 1.29 is 4.79 Å². The molecule has 0 aromatic heterocycles. The second-order valence-electron chi connectivity index (χ2n) is 5.76. The van der Waals surface area contributed by atoms with Gasteiger partial charge in [0.2, 0.25) is 5.91 Å². The zero-order chi connectivity index (χ0) is 12.6. The third kappa shape index (κ3) is 4.47. The topological polar surface area (TPSA) is 20.3 Å². The Morgan fingerprint density at radius 1 is 1.06 bits per heavy atom. The van der Waals surface area contributed by atoms with E-state index in [1.807, 2.05) is 4.90 Å². The third-order valence-corrected chi connectivity index (χ3v) is 4.23. The van der Waals surface area contributed by atoms with E-state index in [-0.39, 0.29) is 0 Å². The van der Waals surface area contributed by atoms with Crippen molar-refractivity contribution in [2.75, 3.05) is 13.1 Å². The molecule has 0 N–H and O–H groups in total. The van der Waals surface area contributed by atoms with Crippen LogP contribution in [0.25, 0.3) is 0 Å². The van der Waals surface area contributed by atoms with Gasteiger partial charge in [-0.1, -0.05) is 18.1 Å². The highest BCUT2D eigenvalue weighted by Gasteiger charge is 2.16. The molecule has 0 bridgehead atoms. The largest absolute Gasteiger partial charge is 0.343 e. The molecule has 0 aromatic rings. The van der Waals surface area contributed by atoms with Crippen molar-refractivity contribution in [2.24, 2.45) is 0 Å². The zero-order valence-electron chi connectivity index (χ0n) is 11.6. The van der Waals surface area contributed by atoms with Crippen LogP contribution in [0.3, 0.4) is 0 Å². The minimum Gasteiger partial charge on any atom is -0.343 e. The fourth-order valence-corrected chi connectivity index (χ4v) is 3.06. The Hall–Kier alpha value is -0.790. The minimum absolute atomic E-state index is 0.393. The Labute approximate surface area is 111 Å². The van der Waals surface area contributed by atoms with Crippen LogP contribution >= 0.6 is 0 Å². The van der Waals surface area contributed by atoms with E-state index in [0.29, 0.717) is 5.91 Å². The van der Waals surface area contributed by atoms with Crippen LogP contribution in [0, 0.1) is 0 Å². The second kappa shape index (κ2) is 7.60. The molecule has 1 aliphatic heterocycles. The minimum atomic E-state index is 0.393. The lowest BCUT2D eigenvalue weighted by molar-refractivity contribution is -0.130. The maximum Gasteiger partial charge on any atom is 0.222 e. The smallest absolute Gasteiger partial charge is 0.222 e. The summed E-state index contributed by atoms with van der Waals surface area (Å²) in [5.74, 6) is 0.393. The zero-order valence-corrected chi connectivity index (χ0v) is 11.6. The molecule has 2 rings (SSSR count). The van der Waals surface area contributed by atoms with Gasteiger partial charge in [-0.2, -0.15) is 0 Å². The highest BCUT2D eigenvalue weighted by atomic mass is 16.2. The van der Waals surface area contributed by atoms with Crippen molar-refractivity contribution in [1.29, 1.82) is 0 Å². The number of unbranched alkanes of at least 4 members (excludes halogenated alkanes) is 2. The Balaban J connectivity index is 1.50. The highest BCUT2D eigenvalue weighted by Crippen LogP contribution is 2.22. The lowest BCUT2D eigenvalue weighted by Gasteiger charge is -2.15. The lowest BCUT2D eigenvalue weighted by atomic mass is 9.95. The van der Waals surface area contributed by atoms with Gasteiger partial charge in [0.15, 0.2) is 0 Å². The molecule has 2 heteroatoms. The molecule has 0 unspecified atom stereocenters. The molecular weight excluding hydrogens is 222 g/mol. The molecule has 2 aliphatic rings. The van der Waals surface area contributed by atoms with Crippen LogP contribution < -0.4 is 0 Å². The van der Waals surface area contributed by atoms with E-state index >= 15 is 0 Å². The molecule has 2 nitrogen and oxygen atoms in total. The van der Waals surface area contributed by atoms with Gasteiger partial charge >= 0.3 is 0 Å². The van der Waals surface area contributed by atoms with Crippen LogP contribution in [0.2, 0.25) is 0 Å². The summed E-state index contributed by atoms with van der Waals surface area (Å²) in [5, 5.41) is 0. The predicted octanol–water partition coefficient (Wildman–Crippen LogP) is 4.06. The molecular formula is C16H27NO. The van der Waals surface area contributed by atoms with Gasteiger partial charge in [0.05, 0.1) is 0 Å². The number of carbonyl (C=O) groups excluding carboxylic acids is 1. The number of nitrogens with zero attached hydrogens (tertiary/aromatic N) is 1. The molecule has 1 heterocycles. The van der Waals surface area contributed by atoms with Gasteiger partial charge < -0.3 is 4.90 Å². The quantitative estimate of drug-likeness (QED) is 0.513. The summed E-state index contributed by atoms with van der Waals surface area (Å²) in [5.41, 5.74) is 1.67. The van der Waals surface area contributed by atoms with Gasteiger partial charge in [-0.05, 0) is 57.8 Å². The fraction of sp³-hybridized carbons (Fsp3) is 0.812. The first-order valence-electron chi connectivity index (χ1n) is 7.82. The highest BCUT2D eigenvalue weighted by molar-refractivity contribution is 5.76. The molecule has 18 heavy (non-hydrogen) atoms. The van der Waals surface area contributed by atoms with Crippen molar-refractivity contribution in [3.8, 4) is 0 Å². The third-order valence-electron chi connectivity index (χ3n) is 4.23. The van der Waals surface area contributed by atoms with Gasteiger partial charge in [0, 0.05) is 19.5 Å². The molecule has 0 atom stereocenters. The van der Waals surface area contributed by atoms with Gasteiger partial charge in [-0.15, -0.1) is 0 Å². The molecule has 102 valence electrons. The monoisotopic (exact) mass is 249 g/mol. The van der Waals surface area contributed by atoms with E-state index in [4.69, 9.17) is 0 Å². The van der Waals surface area contributed by atoms with Crippen molar-refractivity contribution in [3.05, 3.63) is 11.6 Å². The van der Waals surface area contributed by atoms with Gasteiger partial charge in [0.1, 0.15) is 0 Å². The summed E-state index contributed by atoms with van der Waals surface area (Å²) in [4.78, 5) is 13.9. The van der Waals surface area contributed by atoms with Crippen LogP contribution in [-0.4, -0.2) is 23.9 Å². The summed E-state index contributed by atoms with van der Waals surface area (Å²) in [6.07, 6.45) is 15.9. The first-order valence-corrected chi connectivity index (χ1v) is 7.82. The van der Waals surface area contributed by atoms with Crippen LogP contribution in [0.5, 0.6) is 0 Å². The summed E-state index contributed by atoms with van der Waals surface area (Å²) in [6, 6.07) is 0. The lowest BCUT2D eigenvalue weighted by Crippen LogP contribution is -2.27. The average molecular weight is 249 g/mol. The summed E-state index contributed by atoms with van der Waals surface area (Å²) < 4.78 is 0. The number of hydrogen-bond donors (Lipinski definition) is 0. The summed E-state index contributed by atoms with van der Waals surface area (Å²) in [7, 11) is 0. The number of carbonyl (C=O) groups is 1. The molecule has 1 aliphatic carbocycles. The van der Waals surface area contributed by atoms with Crippen LogP contribution in [0.15, 0.2) is 11.6 Å².